The van der Waals surface area contributed by atoms with Gasteiger partial charge in [-0.3, -0.25) is 4.79 Å². The Bertz CT molecular complexity index is 600. The van der Waals surface area contributed by atoms with E-state index in [9.17, 15) is 9.18 Å². The van der Waals surface area contributed by atoms with Crippen LogP contribution in [0.25, 0.3) is 0 Å². The Morgan fingerprint density at radius 2 is 2.21 bits per heavy atom. The number of nitrogens with one attached hydrogen (secondary N) is 1. The van der Waals surface area contributed by atoms with Crippen LogP contribution >= 0.6 is 27.3 Å². The molecular weight excluding hydrogens is 333 g/mol. The number of thiophene rings is 1. The van der Waals surface area contributed by atoms with Crippen molar-refractivity contribution in [3.63, 3.8) is 0 Å². The van der Waals surface area contributed by atoms with Crippen LogP contribution in [0.5, 0.6) is 5.75 Å². The van der Waals surface area contributed by atoms with E-state index in [1.165, 1.54) is 30.6 Å². The van der Waals surface area contributed by atoms with Crippen LogP contribution in [0.4, 0.5) is 4.39 Å². The zero-order valence-electron chi connectivity index (χ0n) is 10.1. The molecule has 0 aliphatic carbocycles. The molecule has 1 heterocycles. The van der Waals surface area contributed by atoms with Gasteiger partial charge >= 0.3 is 0 Å². The molecule has 0 fully saturated rings. The maximum Gasteiger partial charge on any atom is 0.254 e. The highest BCUT2D eigenvalue weighted by atomic mass is 79.9. The van der Waals surface area contributed by atoms with E-state index in [2.05, 4.69) is 21.2 Å². The molecule has 0 radical (unpaired) electrons. The molecule has 0 saturated carbocycles. The van der Waals surface area contributed by atoms with E-state index in [0.717, 1.165) is 8.66 Å². The Morgan fingerprint density at radius 1 is 1.42 bits per heavy atom. The highest BCUT2D eigenvalue weighted by Crippen LogP contribution is 2.22. The van der Waals surface area contributed by atoms with Crippen molar-refractivity contribution in [1.82, 2.24) is 5.32 Å². The minimum absolute atomic E-state index is 0.0106. The van der Waals surface area contributed by atoms with Crippen molar-refractivity contribution in [3.8, 4) is 5.75 Å². The topological polar surface area (TPSA) is 38.3 Å². The Morgan fingerprint density at radius 3 is 2.79 bits per heavy atom. The monoisotopic (exact) mass is 343 g/mol. The number of benzene rings is 1. The van der Waals surface area contributed by atoms with Gasteiger partial charge in [0.15, 0.2) is 0 Å². The molecule has 1 amide bonds. The average Bonchev–Trinajstić information content (AvgIpc) is 2.81. The van der Waals surface area contributed by atoms with E-state index in [1.807, 2.05) is 12.1 Å². The molecule has 100 valence electrons. The van der Waals surface area contributed by atoms with Gasteiger partial charge in [0.2, 0.25) is 0 Å². The number of rotatable bonds is 4. The molecule has 0 aliphatic heterocycles. The van der Waals surface area contributed by atoms with Crippen molar-refractivity contribution < 1.29 is 13.9 Å². The van der Waals surface area contributed by atoms with E-state index in [1.54, 1.807) is 6.07 Å². The van der Waals surface area contributed by atoms with E-state index in [0.29, 0.717) is 12.3 Å². The van der Waals surface area contributed by atoms with Gasteiger partial charge in [0.25, 0.3) is 5.91 Å². The second-order valence-corrected chi connectivity index (χ2v) is 6.28. The molecular formula is C13H11BrFNO2S. The highest BCUT2D eigenvalue weighted by molar-refractivity contribution is 9.11. The first-order valence-electron chi connectivity index (χ1n) is 5.46. The van der Waals surface area contributed by atoms with Crippen LogP contribution in [-0.4, -0.2) is 13.0 Å². The number of ether oxygens (including phenoxy) is 1. The smallest absolute Gasteiger partial charge is 0.254 e. The Hall–Kier alpha value is -1.40. The van der Waals surface area contributed by atoms with Crippen molar-refractivity contribution in [2.24, 2.45) is 0 Å². The van der Waals surface area contributed by atoms with Gasteiger partial charge in [-0.2, -0.15) is 0 Å². The molecule has 1 aromatic heterocycles. The summed E-state index contributed by atoms with van der Waals surface area (Å²) in [7, 11) is 1.45. The molecule has 0 bridgehead atoms. The predicted molar refractivity (Wildman–Crippen MR) is 76.1 cm³/mol. The quantitative estimate of drug-likeness (QED) is 0.921. The number of carbonyl (C=O) groups is 1. The number of amides is 1. The van der Waals surface area contributed by atoms with Crippen LogP contribution in [0.1, 0.15) is 15.2 Å². The van der Waals surface area contributed by atoms with Gasteiger partial charge in [0, 0.05) is 10.9 Å². The Kier molecular flexibility index (Phi) is 4.55. The molecule has 2 aromatic rings. The van der Waals surface area contributed by atoms with Gasteiger partial charge in [-0.15, -0.1) is 11.3 Å². The molecule has 1 N–H and O–H groups in total. The van der Waals surface area contributed by atoms with Crippen molar-refractivity contribution in [3.05, 3.63) is 50.4 Å². The van der Waals surface area contributed by atoms with Crippen LogP contribution in [-0.2, 0) is 6.54 Å². The molecule has 0 atom stereocenters. The number of methoxy groups -OCH3 is 1. The lowest BCUT2D eigenvalue weighted by atomic mass is 10.2. The first-order valence-corrected chi connectivity index (χ1v) is 7.07. The first-order chi connectivity index (χ1) is 9.10. The van der Waals surface area contributed by atoms with Gasteiger partial charge < -0.3 is 10.1 Å². The molecule has 0 spiro atoms. The average molecular weight is 344 g/mol. The summed E-state index contributed by atoms with van der Waals surface area (Å²) in [5.74, 6) is -0.648. The van der Waals surface area contributed by atoms with Gasteiger partial charge in [-0.05, 0) is 40.2 Å². The summed E-state index contributed by atoms with van der Waals surface area (Å²) in [6.45, 7) is 0.376. The fourth-order valence-electron chi connectivity index (χ4n) is 1.52. The second kappa shape index (κ2) is 6.16. The van der Waals surface area contributed by atoms with Crippen LogP contribution in [0.2, 0.25) is 0 Å². The number of hydrogen-bond acceptors (Lipinski definition) is 3. The molecule has 0 aliphatic rings. The third kappa shape index (κ3) is 3.54. The zero-order valence-corrected chi connectivity index (χ0v) is 12.5. The fourth-order valence-corrected chi connectivity index (χ4v) is 2.94. The number of hydrogen-bond donors (Lipinski definition) is 1. The number of halogens is 2. The van der Waals surface area contributed by atoms with Crippen molar-refractivity contribution in [1.29, 1.82) is 0 Å². The van der Waals surface area contributed by atoms with Crippen molar-refractivity contribution in [2.45, 2.75) is 6.54 Å². The summed E-state index contributed by atoms with van der Waals surface area (Å²) >= 11 is 4.87. The Labute approximate surface area is 122 Å². The summed E-state index contributed by atoms with van der Waals surface area (Å²) in [4.78, 5) is 12.8. The van der Waals surface area contributed by atoms with E-state index in [4.69, 9.17) is 4.74 Å². The lowest BCUT2D eigenvalue weighted by Crippen LogP contribution is -2.23. The lowest BCUT2D eigenvalue weighted by Gasteiger charge is -2.06. The lowest BCUT2D eigenvalue weighted by molar-refractivity contribution is 0.0947. The summed E-state index contributed by atoms with van der Waals surface area (Å²) in [5, 5.41) is 2.68. The van der Waals surface area contributed by atoms with E-state index >= 15 is 0 Å². The maximum atomic E-state index is 13.7. The summed E-state index contributed by atoms with van der Waals surface area (Å²) < 4.78 is 19.6. The van der Waals surface area contributed by atoms with E-state index < -0.39 is 11.7 Å². The van der Waals surface area contributed by atoms with Crippen LogP contribution in [0.15, 0.2) is 34.1 Å². The summed E-state index contributed by atoms with van der Waals surface area (Å²) in [6, 6.07) is 7.96. The Balaban J connectivity index is 2.03. The van der Waals surface area contributed by atoms with Crippen molar-refractivity contribution >= 4 is 33.2 Å². The molecule has 6 heteroatoms. The first kappa shape index (κ1) is 14.0. The number of carbonyl (C=O) groups excluding carboxylic acids is 1. The third-order valence-electron chi connectivity index (χ3n) is 2.47. The largest absolute Gasteiger partial charge is 0.497 e. The van der Waals surface area contributed by atoms with Gasteiger partial charge in [0.05, 0.1) is 23.0 Å². The molecule has 0 unspecified atom stereocenters. The molecule has 0 saturated heterocycles. The zero-order chi connectivity index (χ0) is 13.8. The van der Waals surface area contributed by atoms with Crippen LogP contribution in [0, 0.1) is 5.82 Å². The van der Waals surface area contributed by atoms with E-state index in [-0.39, 0.29) is 5.56 Å². The standard InChI is InChI=1S/C13H11BrFNO2S/c1-18-8-2-4-10(11(15)6-8)13(17)16-7-9-3-5-12(14)19-9/h2-6H,7H2,1H3,(H,16,17). The molecule has 2 rings (SSSR count). The van der Waals surface area contributed by atoms with Crippen LogP contribution < -0.4 is 10.1 Å². The van der Waals surface area contributed by atoms with Gasteiger partial charge in [-0.1, -0.05) is 0 Å². The minimum atomic E-state index is -0.593. The predicted octanol–water partition coefficient (Wildman–Crippen LogP) is 3.59. The SMILES string of the molecule is COc1ccc(C(=O)NCc2ccc(Br)s2)c(F)c1. The third-order valence-corrected chi connectivity index (χ3v) is 4.10. The van der Waals surface area contributed by atoms with Gasteiger partial charge in [-0.25, -0.2) is 4.39 Å². The molecule has 19 heavy (non-hydrogen) atoms. The normalized spacial score (nSPS) is 10.3. The minimum Gasteiger partial charge on any atom is -0.497 e. The molecule has 1 aromatic carbocycles. The fraction of sp³-hybridized carbons (Fsp3) is 0.154. The summed E-state index contributed by atoms with van der Waals surface area (Å²) in [6.07, 6.45) is 0. The van der Waals surface area contributed by atoms with Crippen molar-refractivity contribution in [2.75, 3.05) is 7.11 Å². The van der Waals surface area contributed by atoms with Crippen LogP contribution in [0.3, 0.4) is 0 Å². The molecule has 3 nitrogen and oxygen atoms in total. The maximum absolute atomic E-state index is 13.7. The second-order valence-electron chi connectivity index (χ2n) is 3.73. The highest BCUT2D eigenvalue weighted by Gasteiger charge is 2.12. The summed E-state index contributed by atoms with van der Waals surface area (Å²) in [5.41, 5.74) is 0.0106. The van der Waals surface area contributed by atoms with Gasteiger partial charge in [0.1, 0.15) is 11.6 Å².